The number of hydrogen-bond donors (Lipinski definition) is 0. The number of halogens is 1. The molecule has 0 saturated carbocycles. The second-order valence-electron chi connectivity index (χ2n) is 4.76. The Kier molecular flexibility index (Phi) is 10.8. The molecular weight excluding hydrogens is 470 g/mol. The summed E-state index contributed by atoms with van der Waals surface area (Å²) in [5, 5.41) is 4.19. The Morgan fingerprint density at radius 1 is 0.667 bits per heavy atom. The van der Waals surface area contributed by atoms with Crippen molar-refractivity contribution in [3.05, 3.63) is 104 Å². The maximum Gasteiger partial charge on any atom is -0.0134 e. The predicted octanol–water partition coefficient (Wildman–Crippen LogP) is 5.16. The molecule has 0 aliphatic heterocycles. The molecule has 0 N–H and O–H groups in total. The molecule has 3 rings (SSSR count). The first kappa shape index (κ1) is 21.0. The molecule has 0 spiro atoms. The van der Waals surface area contributed by atoms with Crippen LogP contribution in [0.1, 0.15) is 0 Å². The van der Waals surface area contributed by atoms with Crippen LogP contribution in [-0.4, -0.2) is 0 Å². The van der Waals surface area contributed by atoms with E-state index in [-0.39, 0.29) is 17.0 Å². The van der Waals surface area contributed by atoms with Gasteiger partial charge in [0.1, 0.15) is 0 Å². The third-order valence-electron chi connectivity index (χ3n) is 3.13. The number of allylic oxidation sites excluding steroid dienone is 1. The van der Waals surface area contributed by atoms with Gasteiger partial charge in [0.15, 0.2) is 0 Å². The fourth-order valence-electron chi connectivity index (χ4n) is 2.18. The zero-order valence-corrected chi connectivity index (χ0v) is 17.5. The van der Waals surface area contributed by atoms with Crippen molar-refractivity contribution in [3.8, 4) is 0 Å². The first-order valence-corrected chi connectivity index (χ1v) is 9.88. The van der Waals surface area contributed by atoms with Crippen molar-refractivity contribution < 1.29 is 19.2 Å². The monoisotopic (exact) mass is 489 g/mol. The minimum Gasteiger partial charge on any atom is -0.0622 e. The van der Waals surface area contributed by atoms with Gasteiger partial charge < -0.3 is 0 Å². The zero-order chi connectivity index (χ0) is 16.3. The van der Waals surface area contributed by atoms with E-state index in [2.05, 4.69) is 117 Å². The van der Waals surface area contributed by atoms with Crippen LogP contribution in [0.25, 0.3) is 0 Å². The minimum atomic E-state index is -0.446. The summed E-state index contributed by atoms with van der Waals surface area (Å²) >= 11 is 2.92. The Morgan fingerprint density at radius 3 is 1.12 bits per heavy atom. The van der Waals surface area contributed by atoms with Crippen LogP contribution in [0.2, 0.25) is 4.89 Å². The van der Waals surface area contributed by atoms with Gasteiger partial charge in [0, 0.05) is 0 Å². The van der Waals surface area contributed by atoms with E-state index in [1.807, 2.05) is 6.08 Å². The third-order valence-corrected chi connectivity index (χ3v) is 6.03. The van der Waals surface area contributed by atoms with Gasteiger partial charge in [-0.25, -0.2) is 0 Å². The second-order valence-corrected chi connectivity index (χ2v) is 7.61. The van der Waals surface area contributed by atoms with Crippen LogP contribution in [0.3, 0.4) is 0 Å². The second kappa shape index (κ2) is 12.4. The Morgan fingerprint density at radius 2 is 0.917 bits per heavy atom. The van der Waals surface area contributed by atoms with E-state index in [1.165, 1.54) is 15.9 Å². The smallest absolute Gasteiger partial charge is 0.0134 e. The number of hydrogen-bond acceptors (Lipinski definition) is 0. The van der Waals surface area contributed by atoms with Crippen molar-refractivity contribution in [2.24, 2.45) is 0 Å². The van der Waals surface area contributed by atoms with Crippen molar-refractivity contribution >= 4 is 40.8 Å². The van der Waals surface area contributed by atoms with Crippen LogP contribution < -0.4 is 15.9 Å². The summed E-state index contributed by atoms with van der Waals surface area (Å²) in [6.07, 6.45) is 1.81. The number of benzene rings is 3. The fraction of sp³-hybridized carbons (Fsp3) is 0.0476. The molecule has 0 saturated heterocycles. The van der Waals surface area contributed by atoms with Gasteiger partial charge in [-0.05, 0) is 23.8 Å². The van der Waals surface area contributed by atoms with E-state index in [0.29, 0.717) is 0 Å². The van der Waals surface area contributed by atoms with Gasteiger partial charge in [0.25, 0.3) is 0 Å². The van der Waals surface area contributed by atoms with Crippen molar-refractivity contribution in [1.29, 1.82) is 0 Å². The molecule has 0 aromatic heterocycles. The Bertz CT molecular complexity index is 593. The van der Waals surface area contributed by atoms with E-state index in [4.69, 9.17) is 0 Å². The van der Waals surface area contributed by atoms with E-state index in [9.17, 15) is 0 Å². The maximum absolute atomic E-state index is 3.44. The summed E-state index contributed by atoms with van der Waals surface area (Å²) in [6.45, 7) is 3.44. The largest absolute Gasteiger partial charge is 0.0622 e. The van der Waals surface area contributed by atoms with Gasteiger partial charge in [-0.1, -0.05) is 91.0 Å². The van der Waals surface area contributed by atoms with Crippen LogP contribution in [0.5, 0.6) is 0 Å². The van der Waals surface area contributed by atoms with E-state index >= 15 is 0 Å². The fourth-order valence-corrected chi connectivity index (χ4v) is 4.48. The third kappa shape index (κ3) is 6.46. The summed E-state index contributed by atoms with van der Waals surface area (Å²) in [7, 11) is -0.446. The Labute approximate surface area is 167 Å². The topological polar surface area (TPSA) is 0 Å². The quantitative estimate of drug-likeness (QED) is 0.269. The summed E-state index contributed by atoms with van der Waals surface area (Å²) in [4.78, 5) is 0.933. The van der Waals surface area contributed by atoms with Gasteiger partial charge in [0.05, 0.1) is 0 Å². The Balaban J connectivity index is 0.000000522. The molecule has 24 heavy (non-hydrogen) atoms. The molecular formula is C21H21BrPPd. The van der Waals surface area contributed by atoms with Crippen LogP contribution >= 0.6 is 24.9 Å². The van der Waals surface area contributed by atoms with Crippen molar-refractivity contribution in [3.63, 3.8) is 0 Å². The van der Waals surface area contributed by atoms with Crippen LogP contribution in [0, 0.1) is 0 Å². The van der Waals surface area contributed by atoms with Crippen LogP contribution in [0.4, 0.5) is 0 Å². The minimum absolute atomic E-state index is 0. The van der Waals surface area contributed by atoms with Gasteiger partial charge in [-0.2, -0.15) is 0 Å². The van der Waals surface area contributed by atoms with Crippen molar-refractivity contribution in [2.75, 3.05) is 0 Å². The molecule has 3 aromatic rings. The predicted molar refractivity (Wildman–Crippen MR) is 110 cm³/mol. The van der Waals surface area contributed by atoms with Gasteiger partial charge in [-0.15, -0.1) is 17.0 Å². The molecule has 0 unspecified atom stereocenters. The molecule has 0 radical (unpaired) electrons. The standard InChI is InChI=1S/C18H15P.C3H5.BrH.Pd/c1-4-10-16(11-5-1)19(17-12-6-2-7-13-17)18-14-8-3-9-15-18;1-3-2;;/h1-15H;3H,1-2H2;1H;. The van der Waals surface area contributed by atoms with E-state index in [1.54, 1.807) is 0 Å². The number of rotatable bonds is 4. The van der Waals surface area contributed by atoms with Crippen molar-refractivity contribution in [1.82, 2.24) is 0 Å². The van der Waals surface area contributed by atoms with E-state index < -0.39 is 7.92 Å². The molecule has 0 heterocycles. The van der Waals surface area contributed by atoms with Crippen molar-refractivity contribution in [2.45, 2.75) is 4.89 Å². The summed E-state index contributed by atoms with van der Waals surface area (Å²) in [5.74, 6) is 0. The molecule has 0 amide bonds. The van der Waals surface area contributed by atoms with E-state index in [0.717, 1.165) is 4.89 Å². The van der Waals surface area contributed by atoms with Gasteiger partial charge in [-0.3, -0.25) is 0 Å². The van der Waals surface area contributed by atoms with Gasteiger partial charge in [0.2, 0.25) is 0 Å². The van der Waals surface area contributed by atoms with Crippen LogP contribution in [0.15, 0.2) is 104 Å². The average molecular weight is 491 g/mol. The molecule has 0 aliphatic carbocycles. The SMILES string of the molecule is Br.C=C[CH2][Pd].c1ccc(P(c2ccccc2)c2ccccc2)cc1. The van der Waals surface area contributed by atoms with Crippen LogP contribution in [-0.2, 0) is 19.2 Å². The molecule has 0 bridgehead atoms. The first-order valence-electron chi connectivity index (χ1n) is 7.44. The molecule has 0 fully saturated rings. The molecule has 127 valence electrons. The molecule has 3 heteroatoms. The summed E-state index contributed by atoms with van der Waals surface area (Å²) in [5.41, 5.74) is 0. The first-order chi connectivity index (χ1) is 11.4. The average Bonchev–Trinajstić information content (AvgIpc) is 2.65. The maximum atomic E-state index is 3.44. The summed E-state index contributed by atoms with van der Waals surface area (Å²) in [6, 6.07) is 32.3. The molecule has 0 aliphatic rings. The Hall–Kier alpha value is -1.03. The zero-order valence-electron chi connectivity index (χ0n) is 13.3. The molecule has 0 atom stereocenters. The molecule has 0 nitrogen and oxygen atoms in total. The normalized spacial score (nSPS) is 9.46. The summed E-state index contributed by atoms with van der Waals surface area (Å²) < 4.78 is 0. The molecule has 3 aromatic carbocycles. The van der Waals surface area contributed by atoms with Gasteiger partial charge >= 0.3 is 36.8 Å².